The molecule has 1 aliphatic heterocycles. The van der Waals surface area contributed by atoms with Gasteiger partial charge in [-0.1, -0.05) is 5.16 Å². The van der Waals surface area contributed by atoms with E-state index in [0.29, 0.717) is 13.0 Å². The molecule has 0 aliphatic carbocycles. The van der Waals surface area contributed by atoms with Gasteiger partial charge in [0.15, 0.2) is 5.69 Å². The molecular weight excluding hydrogens is 240 g/mol. The Balaban J connectivity index is 2.09. The molecule has 0 radical (unpaired) electrons. The highest BCUT2D eigenvalue weighted by atomic mass is 16.5. The topological polar surface area (TPSA) is 102 Å². The zero-order valence-corrected chi connectivity index (χ0v) is 10.1. The summed E-state index contributed by atoms with van der Waals surface area (Å²) in [5.41, 5.74) is -0.521. The standard InChI is InChI=1S/C11H14N2O5/c1-6-11(2,3-4-17-6)12-9(14)7-5-8(10(15)16)18-13-7/h5-6H,3-4H2,1-2H3,(H,12,14)(H,15,16). The predicted molar refractivity (Wildman–Crippen MR) is 59.4 cm³/mol. The van der Waals surface area contributed by atoms with Crippen molar-refractivity contribution in [1.82, 2.24) is 10.5 Å². The minimum Gasteiger partial charge on any atom is -0.475 e. The van der Waals surface area contributed by atoms with Crippen LogP contribution in [0, 0.1) is 0 Å². The molecule has 1 aromatic heterocycles. The molecule has 2 unspecified atom stereocenters. The summed E-state index contributed by atoms with van der Waals surface area (Å²) < 4.78 is 9.93. The number of aromatic nitrogens is 1. The SMILES string of the molecule is CC1OCCC1(C)NC(=O)c1cc(C(=O)O)on1. The van der Waals surface area contributed by atoms with Crippen molar-refractivity contribution < 1.29 is 24.0 Å². The first-order valence-corrected chi connectivity index (χ1v) is 5.56. The van der Waals surface area contributed by atoms with Gasteiger partial charge in [-0.3, -0.25) is 4.79 Å². The summed E-state index contributed by atoms with van der Waals surface area (Å²) in [5.74, 6) is -2.09. The van der Waals surface area contributed by atoms with Crippen molar-refractivity contribution in [3.63, 3.8) is 0 Å². The summed E-state index contributed by atoms with van der Waals surface area (Å²) in [6, 6.07) is 1.10. The van der Waals surface area contributed by atoms with Crippen LogP contribution in [0.15, 0.2) is 10.6 Å². The van der Waals surface area contributed by atoms with Gasteiger partial charge in [0.1, 0.15) is 0 Å². The number of carboxylic acids is 1. The Bertz CT molecular complexity index is 484. The number of hydrogen-bond donors (Lipinski definition) is 2. The summed E-state index contributed by atoms with van der Waals surface area (Å²) in [7, 11) is 0. The molecule has 0 bridgehead atoms. The molecule has 2 heterocycles. The highest BCUT2D eigenvalue weighted by molar-refractivity contribution is 5.95. The van der Waals surface area contributed by atoms with Crippen molar-refractivity contribution in [2.75, 3.05) is 6.61 Å². The molecule has 98 valence electrons. The Morgan fingerprint density at radius 2 is 2.33 bits per heavy atom. The Morgan fingerprint density at radius 3 is 2.83 bits per heavy atom. The molecule has 1 fully saturated rings. The molecule has 7 heteroatoms. The number of hydrogen-bond acceptors (Lipinski definition) is 5. The Hall–Kier alpha value is -1.89. The van der Waals surface area contributed by atoms with Crippen molar-refractivity contribution in [2.45, 2.75) is 31.9 Å². The lowest BCUT2D eigenvalue weighted by molar-refractivity contribution is 0.0649. The normalized spacial score (nSPS) is 27.1. The average Bonchev–Trinajstić information content (AvgIpc) is 2.87. The van der Waals surface area contributed by atoms with Gasteiger partial charge in [-0.25, -0.2) is 4.79 Å². The van der Waals surface area contributed by atoms with E-state index in [4.69, 9.17) is 9.84 Å². The maximum Gasteiger partial charge on any atom is 0.374 e. The minimum atomic E-state index is -1.26. The molecule has 7 nitrogen and oxygen atoms in total. The van der Waals surface area contributed by atoms with Crippen molar-refractivity contribution in [3.8, 4) is 0 Å². The first kappa shape index (κ1) is 12.6. The maximum absolute atomic E-state index is 11.9. The van der Waals surface area contributed by atoms with Gasteiger partial charge >= 0.3 is 5.97 Å². The molecule has 0 spiro atoms. The van der Waals surface area contributed by atoms with E-state index >= 15 is 0 Å². The van der Waals surface area contributed by atoms with Crippen LogP contribution in [0.5, 0.6) is 0 Å². The van der Waals surface area contributed by atoms with Crippen LogP contribution in [0.3, 0.4) is 0 Å². The van der Waals surface area contributed by atoms with Crippen LogP contribution in [0.25, 0.3) is 0 Å². The monoisotopic (exact) mass is 254 g/mol. The summed E-state index contributed by atoms with van der Waals surface area (Å²) in [5, 5.41) is 14.9. The van der Waals surface area contributed by atoms with Gasteiger partial charge in [-0.15, -0.1) is 0 Å². The number of carboxylic acid groups (broad SMARTS) is 1. The Morgan fingerprint density at radius 1 is 1.61 bits per heavy atom. The van der Waals surface area contributed by atoms with Crippen LogP contribution in [-0.4, -0.2) is 40.4 Å². The molecule has 0 saturated carbocycles. The number of nitrogens with one attached hydrogen (secondary N) is 1. The van der Waals surface area contributed by atoms with E-state index in [2.05, 4.69) is 15.0 Å². The Kier molecular flexibility index (Phi) is 3.08. The Labute approximate surface area is 103 Å². The van der Waals surface area contributed by atoms with E-state index in [0.717, 1.165) is 6.07 Å². The summed E-state index contributed by atoms with van der Waals surface area (Å²) in [6.07, 6.45) is 0.594. The largest absolute Gasteiger partial charge is 0.475 e. The fourth-order valence-corrected chi connectivity index (χ4v) is 1.81. The maximum atomic E-state index is 11.9. The van der Waals surface area contributed by atoms with Gasteiger partial charge in [-0.2, -0.15) is 0 Å². The predicted octanol–water partition coefficient (Wildman–Crippen LogP) is 0.670. The molecule has 18 heavy (non-hydrogen) atoms. The van der Waals surface area contributed by atoms with Crippen LogP contribution >= 0.6 is 0 Å². The molecule has 1 aliphatic rings. The third-order valence-electron chi connectivity index (χ3n) is 3.24. The van der Waals surface area contributed by atoms with Crippen molar-refractivity contribution >= 4 is 11.9 Å². The zero-order chi connectivity index (χ0) is 13.3. The lowest BCUT2D eigenvalue weighted by Gasteiger charge is -2.28. The number of rotatable bonds is 3. The summed E-state index contributed by atoms with van der Waals surface area (Å²) in [6.45, 7) is 4.33. The molecule has 1 aromatic rings. The number of amides is 1. The van der Waals surface area contributed by atoms with Crippen LogP contribution in [0.2, 0.25) is 0 Å². The van der Waals surface area contributed by atoms with Crippen LogP contribution in [0.4, 0.5) is 0 Å². The van der Waals surface area contributed by atoms with Crippen LogP contribution in [-0.2, 0) is 4.74 Å². The van der Waals surface area contributed by atoms with E-state index in [1.165, 1.54) is 0 Å². The highest BCUT2D eigenvalue weighted by Gasteiger charge is 2.39. The fraction of sp³-hybridized carbons (Fsp3) is 0.545. The molecule has 0 aromatic carbocycles. The molecule has 1 amide bonds. The summed E-state index contributed by atoms with van der Waals surface area (Å²) in [4.78, 5) is 22.5. The zero-order valence-electron chi connectivity index (χ0n) is 10.1. The lowest BCUT2D eigenvalue weighted by Crippen LogP contribution is -2.50. The number of nitrogens with zero attached hydrogens (tertiary/aromatic N) is 1. The molecule has 2 atom stereocenters. The molecule has 1 saturated heterocycles. The third kappa shape index (κ3) is 2.21. The highest BCUT2D eigenvalue weighted by Crippen LogP contribution is 2.25. The van der Waals surface area contributed by atoms with Crippen molar-refractivity contribution in [3.05, 3.63) is 17.5 Å². The van der Waals surface area contributed by atoms with Crippen molar-refractivity contribution in [1.29, 1.82) is 0 Å². The molecular formula is C11H14N2O5. The number of aromatic carboxylic acids is 1. The number of carbonyl (C=O) groups excluding carboxylic acids is 1. The van der Waals surface area contributed by atoms with Crippen LogP contribution in [0.1, 0.15) is 41.3 Å². The van der Waals surface area contributed by atoms with Crippen molar-refractivity contribution in [2.24, 2.45) is 0 Å². The first-order chi connectivity index (χ1) is 8.42. The second-order valence-corrected chi connectivity index (χ2v) is 4.52. The van der Waals surface area contributed by atoms with E-state index in [1.807, 2.05) is 13.8 Å². The third-order valence-corrected chi connectivity index (χ3v) is 3.24. The van der Waals surface area contributed by atoms with E-state index in [1.54, 1.807) is 0 Å². The number of ether oxygens (including phenoxy) is 1. The van der Waals surface area contributed by atoms with Gasteiger partial charge < -0.3 is 19.7 Å². The van der Waals surface area contributed by atoms with E-state index in [9.17, 15) is 9.59 Å². The summed E-state index contributed by atoms with van der Waals surface area (Å²) >= 11 is 0. The second-order valence-electron chi connectivity index (χ2n) is 4.52. The van der Waals surface area contributed by atoms with Gasteiger partial charge in [-0.05, 0) is 20.3 Å². The van der Waals surface area contributed by atoms with Crippen LogP contribution < -0.4 is 5.32 Å². The second kappa shape index (κ2) is 4.41. The lowest BCUT2D eigenvalue weighted by atomic mass is 9.94. The van der Waals surface area contributed by atoms with E-state index < -0.39 is 17.4 Å². The fourth-order valence-electron chi connectivity index (χ4n) is 1.81. The quantitative estimate of drug-likeness (QED) is 0.822. The van der Waals surface area contributed by atoms with Gasteiger partial charge in [0, 0.05) is 12.7 Å². The van der Waals surface area contributed by atoms with Gasteiger partial charge in [0.2, 0.25) is 5.76 Å². The number of carbonyl (C=O) groups is 2. The van der Waals surface area contributed by atoms with E-state index in [-0.39, 0.29) is 17.6 Å². The molecule has 2 rings (SSSR count). The first-order valence-electron chi connectivity index (χ1n) is 5.56. The van der Waals surface area contributed by atoms with Gasteiger partial charge in [0.25, 0.3) is 5.91 Å². The van der Waals surface area contributed by atoms with Gasteiger partial charge in [0.05, 0.1) is 11.6 Å². The smallest absolute Gasteiger partial charge is 0.374 e. The molecule has 2 N–H and O–H groups in total. The average molecular weight is 254 g/mol. The minimum absolute atomic E-state index is 0.0484.